The molecule has 0 aliphatic heterocycles. The third-order valence-electron chi connectivity index (χ3n) is 2.82. The number of hydrogen-bond acceptors (Lipinski definition) is 1. The minimum absolute atomic E-state index is 0.636. The molecule has 0 amide bonds. The van der Waals surface area contributed by atoms with Crippen molar-refractivity contribution in [3.05, 3.63) is 12.3 Å². The van der Waals surface area contributed by atoms with Crippen molar-refractivity contribution in [1.29, 1.82) is 0 Å². The van der Waals surface area contributed by atoms with Gasteiger partial charge in [-0.1, -0.05) is 47.1 Å². The summed E-state index contributed by atoms with van der Waals surface area (Å²) in [5, 5.41) is 3.46. The molecule has 0 rings (SSSR count). The summed E-state index contributed by atoms with van der Waals surface area (Å²) in [6.45, 7) is 14.2. The minimum Gasteiger partial charge on any atom is -0.389 e. The van der Waals surface area contributed by atoms with Crippen molar-refractivity contribution in [1.82, 2.24) is 5.32 Å². The lowest BCUT2D eigenvalue weighted by Crippen LogP contribution is -2.23. The fourth-order valence-electron chi connectivity index (χ4n) is 1.88. The van der Waals surface area contributed by atoms with Crippen molar-refractivity contribution in [2.24, 2.45) is 11.8 Å². The van der Waals surface area contributed by atoms with Crippen LogP contribution in [0.5, 0.6) is 0 Å². The van der Waals surface area contributed by atoms with Crippen molar-refractivity contribution in [3.63, 3.8) is 0 Å². The van der Waals surface area contributed by atoms with Crippen LogP contribution in [0.1, 0.15) is 53.4 Å². The summed E-state index contributed by atoms with van der Waals surface area (Å²) in [7, 11) is 0. The maximum absolute atomic E-state index is 4.13. The second-order valence-electron chi connectivity index (χ2n) is 4.42. The van der Waals surface area contributed by atoms with Gasteiger partial charge >= 0.3 is 0 Å². The molecule has 0 radical (unpaired) electrons. The molecule has 1 nitrogen and oxygen atoms in total. The van der Waals surface area contributed by atoms with Gasteiger partial charge in [-0.15, -0.1) is 0 Å². The molecule has 1 atom stereocenters. The SMILES string of the molecule is C=C(NCCCCC)C(CC)C(C)C. The molecule has 0 aromatic heterocycles. The van der Waals surface area contributed by atoms with Gasteiger partial charge in [-0.05, 0) is 18.8 Å². The van der Waals surface area contributed by atoms with Crippen molar-refractivity contribution in [3.8, 4) is 0 Å². The summed E-state index contributed by atoms with van der Waals surface area (Å²) in [6, 6.07) is 0. The Labute approximate surface area is 90.0 Å². The zero-order valence-electron chi connectivity index (χ0n) is 10.4. The Kier molecular flexibility index (Phi) is 7.64. The third-order valence-corrected chi connectivity index (χ3v) is 2.82. The van der Waals surface area contributed by atoms with Crippen molar-refractivity contribution in [2.75, 3.05) is 6.54 Å². The lowest BCUT2D eigenvalue weighted by Gasteiger charge is -2.22. The smallest absolute Gasteiger partial charge is 0.0143 e. The molecule has 1 heteroatoms. The van der Waals surface area contributed by atoms with Crippen molar-refractivity contribution >= 4 is 0 Å². The zero-order valence-corrected chi connectivity index (χ0v) is 10.4. The Morgan fingerprint density at radius 3 is 2.29 bits per heavy atom. The number of unbranched alkanes of at least 4 members (excludes halogenated alkanes) is 2. The van der Waals surface area contributed by atoms with Crippen molar-refractivity contribution in [2.45, 2.75) is 53.4 Å². The molecule has 0 saturated carbocycles. The lowest BCUT2D eigenvalue weighted by atomic mass is 9.90. The number of nitrogens with one attached hydrogen (secondary N) is 1. The van der Waals surface area contributed by atoms with E-state index in [9.17, 15) is 0 Å². The van der Waals surface area contributed by atoms with E-state index >= 15 is 0 Å². The number of hydrogen-bond donors (Lipinski definition) is 1. The summed E-state index contributed by atoms with van der Waals surface area (Å²) >= 11 is 0. The standard InChI is InChI=1S/C13H27N/c1-6-8-9-10-14-12(5)13(7-2)11(3)4/h11,13-14H,5-10H2,1-4H3. The summed E-state index contributed by atoms with van der Waals surface area (Å²) in [5.74, 6) is 1.34. The molecule has 0 fully saturated rings. The van der Waals surface area contributed by atoms with Gasteiger partial charge in [0, 0.05) is 18.2 Å². The topological polar surface area (TPSA) is 12.0 Å². The van der Waals surface area contributed by atoms with Crippen LogP contribution in [0.15, 0.2) is 12.3 Å². The molecule has 0 aliphatic carbocycles. The van der Waals surface area contributed by atoms with Gasteiger partial charge in [0.25, 0.3) is 0 Å². The Morgan fingerprint density at radius 2 is 1.86 bits per heavy atom. The second kappa shape index (κ2) is 7.90. The summed E-state index contributed by atoms with van der Waals surface area (Å²) in [6.07, 6.45) is 5.07. The monoisotopic (exact) mass is 197 g/mol. The van der Waals surface area contributed by atoms with E-state index in [0.717, 1.165) is 6.54 Å². The van der Waals surface area contributed by atoms with Crippen LogP contribution < -0.4 is 5.32 Å². The van der Waals surface area contributed by atoms with E-state index in [2.05, 4.69) is 39.6 Å². The van der Waals surface area contributed by atoms with Crippen LogP contribution in [-0.2, 0) is 0 Å². The van der Waals surface area contributed by atoms with E-state index in [1.807, 2.05) is 0 Å². The molecule has 0 heterocycles. The Balaban J connectivity index is 3.70. The van der Waals surface area contributed by atoms with Crippen LogP contribution in [-0.4, -0.2) is 6.54 Å². The van der Waals surface area contributed by atoms with E-state index in [1.165, 1.54) is 31.4 Å². The molecule has 0 aromatic rings. The highest BCUT2D eigenvalue weighted by atomic mass is 14.9. The summed E-state index contributed by atoms with van der Waals surface area (Å²) < 4.78 is 0. The predicted octanol–water partition coefficient (Wildman–Crippen LogP) is 3.96. The quantitative estimate of drug-likeness (QED) is 0.581. The van der Waals surface area contributed by atoms with Gasteiger partial charge in [0.2, 0.25) is 0 Å². The lowest BCUT2D eigenvalue weighted by molar-refractivity contribution is 0.407. The van der Waals surface area contributed by atoms with Crippen LogP contribution in [0.3, 0.4) is 0 Å². The predicted molar refractivity (Wildman–Crippen MR) is 65.3 cm³/mol. The highest BCUT2D eigenvalue weighted by molar-refractivity contribution is 4.98. The van der Waals surface area contributed by atoms with Gasteiger partial charge < -0.3 is 5.32 Å². The van der Waals surface area contributed by atoms with Gasteiger partial charge in [-0.25, -0.2) is 0 Å². The largest absolute Gasteiger partial charge is 0.389 e. The molecule has 0 saturated heterocycles. The molecule has 14 heavy (non-hydrogen) atoms. The van der Waals surface area contributed by atoms with E-state index < -0.39 is 0 Å². The van der Waals surface area contributed by atoms with E-state index in [-0.39, 0.29) is 0 Å². The van der Waals surface area contributed by atoms with Gasteiger partial charge in [-0.2, -0.15) is 0 Å². The number of rotatable bonds is 8. The van der Waals surface area contributed by atoms with E-state index in [4.69, 9.17) is 0 Å². The van der Waals surface area contributed by atoms with Gasteiger partial charge in [0.1, 0.15) is 0 Å². The first kappa shape index (κ1) is 13.5. The fourth-order valence-corrected chi connectivity index (χ4v) is 1.88. The average molecular weight is 197 g/mol. The molecular formula is C13H27N. The number of allylic oxidation sites excluding steroid dienone is 1. The first-order chi connectivity index (χ1) is 6.63. The molecular weight excluding hydrogens is 170 g/mol. The highest BCUT2D eigenvalue weighted by Crippen LogP contribution is 2.20. The van der Waals surface area contributed by atoms with E-state index in [0.29, 0.717) is 11.8 Å². The Bertz CT molecular complexity index is 149. The molecule has 1 unspecified atom stereocenters. The highest BCUT2D eigenvalue weighted by Gasteiger charge is 2.13. The first-order valence-corrected chi connectivity index (χ1v) is 6.06. The fraction of sp³-hybridized carbons (Fsp3) is 0.846. The van der Waals surface area contributed by atoms with Crippen LogP contribution in [0, 0.1) is 11.8 Å². The maximum Gasteiger partial charge on any atom is 0.0143 e. The second-order valence-corrected chi connectivity index (χ2v) is 4.42. The maximum atomic E-state index is 4.13. The minimum atomic E-state index is 0.636. The molecule has 84 valence electrons. The summed E-state index contributed by atoms with van der Waals surface area (Å²) in [4.78, 5) is 0. The average Bonchev–Trinajstić information content (AvgIpc) is 2.13. The molecule has 0 bridgehead atoms. The molecule has 0 aliphatic rings. The van der Waals surface area contributed by atoms with Crippen LogP contribution in [0.2, 0.25) is 0 Å². The van der Waals surface area contributed by atoms with Crippen molar-refractivity contribution < 1.29 is 0 Å². The van der Waals surface area contributed by atoms with Crippen LogP contribution >= 0.6 is 0 Å². The third kappa shape index (κ3) is 5.31. The molecule has 0 spiro atoms. The van der Waals surface area contributed by atoms with Gasteiger partial charge in [0.15, 0.2) is 0 Å². The Morgan fingerprint density at radius 1 is 1.21 bits per heavy atom. The van der Waals surface area contributed by atoms with Crippen LogP contribution in [0.25, 0.3) is 0 Å². The van der Waals surface area contributed by atoms with Crippen LogP contribution in [0.4, 0.5) is 0 Å². The molecule has 0 aromatic carbocycles. The zero-order chi connectivity index (χ0) is 11.0. The van der Waals surface area contributed by atoms with E-state index in [1.54, 1.807) is 0 Å². The normalized spacial score (nSPS) is 12.9. The summed E-state index contributed by atoms with van der Waals surface area (Å²) in [5.41, 5.74) is 1.23. The van der Waals surface area contributed by atoms with Gasteiger partial charge in [-0.3, -0.25) is 0 Å². The van der Waals surface area contributed by atoms with Gasteiger partial charge in [0.05, 0.1) is 0 Å². The Hall–Kier alpha value is -0.460. The molecule has 1 N–H and O–H groups in total. The first-order valence-electron chi connectivity index (χ1n) is 6.06.